The van der Waals surface area contributed by atoms with Gasteiger partial charge < -0.3 is 14.7 Å². The van der Waals surface area contributed by atoms with Crippen molar-refractivity contribution in [2.45, 2.75) is 12.8 Å². The lowest BCUT2D eigenvalue weighted by molar-refractivity contribution is -0.000191. The Hall–Kier alpha value is -1.26. The highest BCUT2D eigenvalue weighted by Gasteiger charge is 2.43. The zero-order valence-electron chi connectivity index (χ0n) is 10.6. The van der Waals surface area contributed by atoms with Crippen LogP contribution in [0, 0.1) is 5.41 Å². The number of carboxylic acid groups (broad SMARTS) is 1. The summed E-state index contributed by atoms with van der Waals surface area (Å²) in [5.41, 5.74) is 1.52. The Balaban J connectivity index is 1.76. The molecular weight excluding hydrogens is 266 g/mol. The number of carboxylic acids is 1. The van der Waals surface area contributed by atoms with E-state index in [1.54, 1.807) is 6.07 Å². The van der Waals surface area contributed by atoms with E-state index in [4.69, 9.17) is 21.4 Å². The number of halogens is 1. The van der Waals surface area contributed by atoms with E-state index in [1.807, 2.05) is 6.07 Å². The summed E-state index contributed by atoms with van der Waals surface area (Å²) in [5, 5.41) is 9.53. The molecule has 0 atom stereocenters. The van der Waals surface area contributed by atoms with Gasteiger partial charge in [-0.15, -0.1) is 0 Å². The zero-order chi connectivity index (χ0) is 13.5. The fraction of sp³-hybridized carbons (Fsp3) is 0.500. The largest absolute Gasteiger partial charge is 0.478 e. The maximum Gasteiger partial charge on any atom is 0.335 e. The Morgan fingerprint density at radius 1 is 1.26 bits per heavy atom. The van der Waals surface area contributed by atoms with E-state index in [-0.39, 0.29) is 5.56 Å². The molecule has 102 valence electrons. The molecule has 1 N–H and O–H groups in total. The number of rotatable bonds is 2. The highest BCUT2D eigenvalue weighted by atomic mass is 35.5. The van der Waals surface area contributed by atoms with Crippen LogP contribution in [0.4, 0.5) is 5.69 Å². The summed E-state index contributed by atoms with van der Waals surface area (Å²) in [7, 11) is 0. The average molecular weight is 282 g/mol. The Morgan fingerprint density at radius 3 is 2.58 bits per heavy atom. The molecule has 2 aliphatic rings. The van der Waals surface area contributed by atoms with Crippen molar-refractivity contribution in [2.75, 3.05) is 31.2 Å². The number of hydrogen-bond donors (Lipinski definition) is 1. The predicted octanol–water partition coefficient (Wildman–Crippen LogP) is 2.66. The van der Waals surface area contributed by atoms with E-state index in [0.29, 0.717) is 10.4 Å². The van der Waals surface area contributed by atoms with E-state index in [1.165, 1.54) is 6.07 Å². The van der Waals surface area contributed by atoms with Crippen molar-refractivity contribution in [3.05, 3.63) is 28.8 Å². The van der Waals surface area contributed by atoms with Gasteiger partial charge in [-0.25, -0.2) is 4.79 Å². The molecule has 1 aromatic carbocycles. The summed E-state index contributed by atoms with van der Waals surface area (Å²) in [6.45, 7) is 3.61. The number of hydrogen-bond acceptors (Lipinski definition) is 3. The molecule has 1 aromatic rings. The standard InChI is InChI=1S/C14H16ClNO3/c15-11-5-10(13(17)18)6-12(7-11)16-8-14(9-16)1-3-19-4-2-14/h5-7H,1-4,8-9H2,(H,17,18). The van der Waals surface area contributed by atoms with Crippen molar-refractivity contribution in [3.63, 3.8) is 0 Å². The van der Waals surface area contributed by atoms with Gasteiger partial charge in [0.1, 0.15) is 0 Å². The molecule has 19 heavy (non-hydrogen) atoms. The van der Waals surface area contributed by atoms with Crippen LogP contribution >= 0.6 is 11.6 Å². The highest BCUT2D eigenvalue weighted by Crippen LogP contribution is 2.42. The van der Waals surface area contributed by atoms with Crippen LogP contribution in [0.5, 0.6) is 0 Å². The van der Waals surface area contributed by atoms with Crippen LogP contribution in [0.15, 0.2) is 18.2 Å². The van der Waals surface area contributed by atoms with Gasteiger partial charge >= 0.3 is 5.97 Å². The zero-order valence-corrected chi connectivity index (χ0v) is 11.3. The summed E-state index contributed by atoms with van der Waals surface area (Å²) in [5.74, 6) is -0.940. The van der Waals surface area contributed by atoms with Crippen LogP contribution in [0.3, 0.4) is 0 Å². The van der Waals surface area contributed by atoms with Crippen molar-refractivity contribution in [2.24, 2.45) is 5.41 Å². The molecule has 0 aliphatic carbocycles. The van der Waals surface area contributed by atoms with Crippen LogP contribution < -0.4 is 4.90 Å². The van der Waals surface area contributed by atoms with Gasteiger partial charge in [-0.3, -0.25) is 0 Å². The van der Waals surface area contributed by atoms with Crippen molar-refractivity contribution in [1.29, 1.82) is 0 Å². The monoisotopic (exact) mass is 281 g/mol. The summed E-state index contributed by atoms with van der Waals surface area (Å²) in [4.78, 5) is 13.2. The van der Waals surface area contributed by atoms with Crippen LogP contribution in [-0.2, 0) is 4.74 Å². The van der Waals surface area contributed by atoms with Gasteiger partial charge in [0.15, 0.2) is 0 Å². The van der Waals surface area contributed by atoms with E-state index in [2.05, 4.69) is 4.90 Å². The maximum absolute atomic E-state index is 11.0. The number of anilines is 1. The fourth-order valence-electron chi connectivity index (χ4n) is 2.95. The molecule has 0 unspecified atom stereocenters. The molecular formula is C14H16ClNO3. The molecule has 2 heterocycles. The molecule has 5 heteroatoms. The highest BCUT2D eigenvalue weighted by molar-refractivity contribution is 6.31. The topological polar surface area (TPSA) is 49.8 Å². The van der Waals surface area contributed by atoms with Gasteiger partial charge in [-0.1, -0.05) is 11.6 Å². The third-order valence-electron chi connectivity index (χ3n) is 4.10. The van der Waals surface area contributed by atoms with Gasteiger partial charge in [0.2, 0.25) is 0 Å². The third kappa shape index (κ3) is 2.42. The summed E-state index contributed by atoms with van der Waals surface area (Å²) >= 11 is 5.99. The second kappa shape index (κ2) is 4.69. The molecule has 2 fully saturated rings. The second-order valence-electron chi connectivity index (χ2n) is 5.47. The lowest BCUT2D eigenvalue weighted by Crippen LogP contribution is -2.58. The lowest BCUT2D eigenvalue weighted by atomic mass is 9.73. The first-order valence-corrected chi connectivity index (χ1v) is 6.82. The predicted molar refractivity (Wildman–Crippen MR) is 73.1 cm³/mol. The van der Waals surface area contributed by atoms with Gasteiger partial charge in [0.25, 0.3) is 0 Å². The number of benzene rings is 1. The first-order chi connectivity index (χ1) is 9.08. The normalized spacial score (nSPS) is 21.2. The Kier molecular flexibility index (Phi) is 3.15. The number of carbonyl (C=O) groups is 1. The Morgan fingerprint density at radius 2 is 1.95 bits per heavy atom. The number of nitrogens with zero attached hydrogens (tertiary/aromatic N) is 1. The van der Waals surface area contributed by atoms with E-state index < -0.39 is 5.97 Å². The first-order valence-electron chi connectivity index (χ1n) is 6.45. The average Bonchev–Trinajstić information content (AvgIpc) is 2.36. The number of ether oxygens (including phenoxy) is 1. The van der Waals surface area contributed by atoms with Gasteiger partial charge in [-0.05, 0) is 31.0 Å². The minimum absolute atomic E-state index is 0.246. The number of aromatic carboxylic acids is 1. The van der Waals surface area contributed by atoms with Crippen molar-refractivity contribution in [1.82, 2.24) is 0 Å². The van der Waals surface area contributed by atoms with Crippen LogP contribution in [-0.4, -0.2) is 37.4 Å². The fourth-order valence-corrected chi connectivity index (χ4v) is 3.18. The van der Waals surface area contributed by atoms with Crippen molar-refractivity contribution in [3.8, 4) is 0 Å². The summed E-state index contributed by atoms with van der Waals surface area (Å²) in [6, 6.07) is 5.01. The van der Waals surface area contributed by atoms with Crippen molar-refractivity contribution >= 4 is 23.3 Å². The van der Waals surface area contributed by atoms with E-state index in [9.17, 15) is 4.79 Å². The minimum atomic E-state index is -0.940. The van der Waals surface area contributed by atoms with Gasteiger partial charge in [0, 0.05) is 42.4 Å². The third-order valence-corrected chi connectivity index (χ3v) is 4.32. The lowest BCUT2D eigenvalue weighted by Gasteiger charge is -2.53. The molecule has 1 spiro atoms. The molecule has 0 bridgehead atoms. The minimum Gasteiger partial charge on any atom is -0.478 e. The smallest absolute Gasteiger partial charge is 0.335 e. The van der Waals surface area contributed by atoms with Gasteiger partial charge in [0.05, 0.1) is 5.56 Å². The molecule has 4 nitrogen and oxygen atoms in total. The Labute approximate surface area is 116 Å². The molecule has 2 aliphatic heterocycles. The molecule has 0 aromatic heterocycles. The van der Waals surface area contributed by atoms with Crippen LogP contribution in [0.1, 0.15) is 23.2 Å². The van der Waals surface area contributed by atoms with Crippen molar-refractivity contribution < 1.29 is 14.6 Å². The molecule has 0 saturated carbocycles. The van der Waals surface area contributed by atoms with Gasteiger partial charge in [-0.2, -0.15) is 0 Å². The molecule has 2 saturated heterocycles. The SMILES string of the molecule is O=C(O)c1cc(Cl)cc(N2CC3(CCOCC3)C2)c1. The molecule has 3 rings (SSSR count). The second-order valence-corrected chi connectivity index (χ2v) is 5.91. The molecule has 0 amide bonds. The van der Waals surface area contributed by atoms with E-state index >= 15 is 0 Å². The first kappa shape index (κ1) is 12.8. The maximum atomic E-state index is 11.0. The van der Waals surface area contributed by atoms with E-state index in [0.717, 1.165) is 44.8 Å². The Bertz CT molecular complexity index is 503. The van der Waals surface area contributed by atoms with Crippen LogP contribution in [0.2, 0.25) is 5.02 Å². The van der Waals surface area contributed by atoms with Crippen LogP contribution in [0.25, 0.3) is 0 Å². The molecule has 0 radical (unpaired) electrons. The quantitative estimate of drug-likeness (QED) is 0.905. The summed E-state index contributed by atoms with van der Waals surface area (Å²) in [6.07, 6.45) is 2.19. The summed E-state index contributed by atoms with van der Waals surface area (Å²) < 4.78 is 5.39.